The topological polar surface area (TPSA) is 111 Å². The molecule has 0 aromatic rings. The Kier molecular flexibility index (Phi) is 7.30. The molecule has 0 bridgehead atoms. The zero-order chi connectivity index (χ0) is 21.7. The normalized spacial score (nSPS) is 22.5. The summed E-state index contributed by atoms with van der Waals surface area (Å²) in [5.74, 6) is -0.535. The van der Waals surface area contributed by atoms with Gasteiger partial charge in [-0.2, -0.15) is 0 Å². The molecule has 0 aromatic heterocycles. The molecule has 2 N–H and O–H groups in total. The zero-order valence-electron chi connectivity index (χ0n) is 17.9. The van der Waals surface area contributed by atoms with Crippen LogP contribution in [-0.4, -0.2) is 103 Å². The third-order valence-corrected chi connectivity index (χ3v) is 6.29. The van der Waals surface area contributed by atoms with E-state index in [0.717, 1.165) is 24.2 Å². The van der Waals surface area contributed by atoms with Crippen molar-refractivity contribution < 1.29 is 23.9 Å². The van der Waals surface area contributed by atoms with Crippen LogP contribution in [0.25, 0.3) is 0 Å². The Morgan fingerprint density at radius 3 is 2.47 bits per heavy atom. The van der Waals surface area contributed by atoms with E-state index in [2.05, 4.69) is 10.6 Å². The van der Waals surface area contributed by atoms with E-state index in [1.807, 2.05) is 4.90 Å². The van der Waals surface area contributed by atoms with Gasteiger partial charge in [-0.15, -0.1) is 0 Å². The van der Waals surface area contributed by atoms with Crippen molar-refractivity contribution >= 4 is 23.8 Å². The number of nitrogens with one attached hydrogen (secondary N) is 2. The Bertz CT molecular complexity index is 670. The van der Waals surface area contributed by atoms with E-state index >= 15 is 0 Å². The van der Waals surface area contributed by atoms with Gasteiger partial charge in [0.2, 0.25) is 11.8 Å². The maximum Gasteiger partial charge on any atom is 0.325 e. The Labute approximate surface area is 177 Å². The van der Waals surface area contributed by atoms with E-state index in [1.165, 1.54) is 0 Å². The number of hydrogen-bond acceptors (Lipinski definition) is 6. The highest BCUT2D eigenvalue weighted by Crippen LogP contribution is 2.35. The summed E-state index contributed by atoms with van der Waals surface area (Å²) in [6.45, 7) is 5.19. The van der Waals surface area contributed by atoms with Crippen molar-refractivity contribution in [2.75, 3.05) is 53.0 Å². The maximum absolute atomic E-state index is 13.0. The molecule has 1 unspecified atom stereocenters. The molecule has 5 amide bonds. The first-order valence-electron chi connectivity index (χ1n) is 10.8. The second-order valence-corrected chi connectivity index (χ2v) is 8.37. The monoisotopic (exact) mass is 423 g/mol. The van der Waals surface area contributed by atoms with Crippen LogP contribution in [0.4, 0.5) is 4.79 Å². The Balaban J connectivity index is 1.46. The summed E-state index contributed by atoms with van der Waals surface area (Å²) in [5, 5.41) is 5.69. The van der Waals surface area contributed by atoms with Gasteiger partial charge in [0.25, 0.3) is 5.91 Å². The Morgan fingerprint density at radius 1 is 1.17 bits per heavy atom. The maximum atomic E-state index is 13.0. The lowest BCUT2D eigenvalue weighted by Crippen LogP contribution is -2.56. The number of rotatable bonds is 8. The molecule has 3 aliphatic rings. The molecule has 10 nitrogen and oxygen atoms in total. The fraction of sp³-hybridized carbons (Fsp3) is 0.800. The standard InChI is InChI=1S/C20H33N5O5/c1-15(25-18(28)20(22-19(25)29)6-3-4-7-20)17(27)24-11-9-23(10-12-24)14-16(26)21-8-5-13-30-2/h15H,3-14H2,1-2H3,(H,21,26)(H,22,29). The van der Waals surface area contributed by atoms with Gasteiger partial charge in [-0.25, -0.2) is 9.69 Å². The number of ether oxygens (including phenoxy) is 1. The van der Waals surface area contributed by atoms with Gasteiger partial charge in [0.05, 0.1) is 6.54 Å². The average molecular weight is 424 g/mol. The Hall–Kier alpha value is -2.20. The lowest BCUT2D eigenvalue weighted by Gasteiger charge is -2.36. The van der Waals surface area contributed by atoms with Crippen LogP contribution < -0.4 is 10.6 Å². The minimum Gasteiger partial charge on any atom is -0.385 e. The molecule has 0 aromatic carbocycles. The molecule has 10 heteroatoms. The SMILES string of the molecule is COCCCNC(=O)CN1CCN(C(=O)C(C)N2C(=O)NC3(CCCC3)C2=O)CC1. The predicted octanol–water partition coefficient (Wildman–Crippen LogP) is -0.464. The van der Waals surface area contributed by atoms with Crippen molar-refractivity contribution in [3.8, 4) is 0 Å². The first kappa shape index (κ1) is 22.5. The molecule has 2 aliphatic heterocycles. The molecular weight excluding hydrogens is 390 g/mol. The number of amides is 5. The quantitative estimate of drug-likeness (QED) is 0.404. The molecule has 2 heterocycles. The van der Waals surface area contributed by atoms with Crippen LogP contribution in [0.5, 0.6) is 0 Å². The molecule has 1 saturated carbocycles. The van der Waals surface area contributed by atoms with E-state index in [0.29, 0.717) is 58.7 Å². The molecule has 1 aliphatic carbocycles. The molecule has 168 valence electrons. The fourth-order valence-electron chi connectivity index (χ4n) is 4.51. The Morgan fingerprint density at radius 2 is 1.83 bits per heavy atom. The molecular formula is C20H33N5O5. The molecule has 2 saturated heterocycles. The van der Waals surface area contributed by atoms with Gasteiger partial charge in [0.15, 0.2) is 0 Å². The second-order valence-electron chi connectivity index (χ2n) is 8.37. The number of carbonyl (C=O) groups is 4. The average Bonchev–Trinajstić information content (AvgIpc) is 3.29. The molecule has 1 spiro atoms. The van der Waals surface area contributed by atoms with Crippen LogP contribution in [0.2, 0.25) is 0 Å². The summed E-state index contributed by atoms with van der Waals surface area (Å²) in [5.41, 5.74) is -0.805. The predicted molar refractivity (Wildman–Crippen MR) is 109 cm³/mol. The first-order valence-corrected chi connectivity index (χ1v) is 10.8. The van der Waals surface area contributed by atoms with E-state index in [4.69, 9.17) is 4.74 Å². The molecule has 3 rings (SSSR count). The van der Waals surface area contributed by atoms with Crippen LogP contribution in [0.15, 0.2) is 0 Å². The third kappa shape index (κ3) is 4.75. The van der Waals surface area contributed by atoms with Gasteiger partial charge >= 0.3 is 6.03 Å². The molecule has 3 fully saturated rings. The largest absolute Gasteiger partial charge is 0.385 e. The minimum absolute atomic E-state index is 0.0413. The summed E-state index contributed by atoms with van der Waals surface area (Å²) in [6, 6.07) is -1.29. The summed E-state index contributed by atoms with van der Waals surface area (Å²) in [4.78, 5) is 55.1. The van der Waals surface area contributed by atoms with Crippen molar-refractivity contribution in [3.63, 3.8) is 0 Å². The van der Waals surface area contributed by atoms with Gasteiger partial charge in [-0.05, 0) is 26.2 Å². The van der Waals surface area contributed by atoms with Gasteiger partial charge < -0.3 is 20.3 Å². The number of nitrogens with zero attached hydrogens (tertiary/aromatic N) is 3. The highest BCUT2D eigenvalue weighted by Gasteiger charge is 2.54. The summed E-state index contributed by atoms with van der Waals surface area (Å²) >= 11 is 0. The van der Waals surface area contributed by atoms with Crippen molar-refractivity contribution in [2.24, 2.45) is 0 Å². The zero-order valence-corrected chi connectivity index (χ0v) is 17.9. The van der Waals surface area contributed by atoms with Crippen molar-refractivity contribution in [1.29, 1.82) is 0 Å². The number of methoxy groups -OCH3 is 1. The van der Waals surface area contributed by atoms with Crippen molar-refractivity contribution in [2.45, 2.75) is 50.6 Å². The van der Waals surface area contributed by atoms with Crippen LogP contribution in [0, 0.1) is 0 Å². The third-order valence-electron chi connectivity index (χ3n) is 6.29. The van der Waals surface area contributed by atoms with Gasteiger partial charge in [-0.3, -0.25) is 19.3 Å². The van der Waals surface area contributed by atoms with Crippen LogP contribution in [-0.2, 0) is 19.1 Å². The highest BCUT2D eigenvalue weighted by molar-refractivity contribution is 6.10. The van der Waals surface area contributed by atoms with Gasteiger partial charge in [-0.1, -0.05) is 12.8 Å². The van der Waals surface area contributed by atoms with E-state index in [-0.39, 0.29) is 17.7 Å². The first-order chi connectivity index (χ1) is 14.4. The number of carbonyl (C=O) groups excluding carboxylic acids is 4. The van der Waals surface area contributed by atoms with E-state index < -0.39 is 17.6 Å². The van der Waals surface area contributed by atoms with Crippen LogP contribution in [0.1, 0.15) is 39.0 Å². The number of urea groups is 1. The van der Waals surface area contributed by atoms with Gasteiger partial charge in [0, 0.05) is 46.4 Å². The lowest BCUT2D eigenvalue weighted by atomic mass is 9.97. The number of hydrogen-bond donors (Lipinski definition) is 2. The number of imide groups is 1. The summed E-state index contributed by atoms with van der Waals surface area (Å²) < 4.78 is 4.96. The molecule has 0 radical (unpaired) electrons. The highest BCUT2D eigenvalue weighted by atomic mass is 16.5. The summed E-state index contributed by atoms with van der Waals surface area (Å²) in [6.07, 6.45) is 3.86. The second kappa shape index (κ2) is 9.74. The van der Waals surface area contributed by atoms with Crippen molar-refractivity contribution in [3.05, 3.63) is 0 Å². The molecule has 1 atom stereocenters. The fourth-order valence-corrected chi connectivity index (χ4v) is 4.51. The lowest BCUT2D eigenvalue weighted by molar-refractivity contribution is -0.144. The summed E-state index contributed by atoms with van der Waals surface area (Å²) in [7, 11) is 1.63. The molecule has 30 heavy (non-hydrogen) atoms. The van der Waals surface area contributed by atoms with Gasteiger partial charge in [0.1, 0.15) is 11.6 Å². The smallest absolute Gasteiger partial charge is 0.325 e. The number of piperazine rings is 1. The van der Waals surface area contributed by atoms with Crippen LogP contribution >= 0.6 is 0 Å². The van der Waals surface area contributed by atoms with E-state index in [1.54, 1.807) is 18.9 Å². The van der Waals surface area contributed by atoms with Crippen molar-refractivity contribution in [1.82, 2.24) is 25.3 Å². The van der Waals surface area contributed by atoms with E-state index in [9.17, 15) is 19.2 Å². The minimum atomic E-state index is -0.826. The van der Waals surface area contributed by atoms with Crippen LogP contribution in [0.3, 0.4) is 0 Å².